The highest BCUT2D eigenvalue weighted by molar-refractivity contribution is 6.30. The van der Waals surface area contributed by atoms with E-state index < -0.39 is 0 Å². The van der Waals surface area contributed by atoms with Gasteiger partial charge in [0, 0.05) is 11.6 Å². The number of nitrogens with one attached hydrogen (secondary N) is 2. The number of hydrogen-bond donors (Lipinski definition) is 2. The van der Waals surface area contributed by atoms with E-state index in [9.17, 15) is 9.18 Å². The third kappa shape index (κ3) is 4.76. The van der Waals surface area contributed by atoms with Crippen LogP contribution >= 0.6 is 11.6 Å². The first kappa shape index (κ1) is 15.3. The second kappa shape index (κ2) is 7.09. The van der Waals surface area contributed by atoms with E-state index in [2.05, 4.69) is 10.6 Å². The summed E-state index contributed by atoms with van der Waals surface area (Å²) in [6.07, 6.45) is 0. The average molecular weight is 307 g/mol. The lowest BCUT2D eigenvalue weighted by Crippen LogP contribution is -2.36. The number of halogens is 2. The molecular weight excluding hydrogens is 291 g/mol. The minimum atomic E-state index is -0.295. The Bertz CT molecular complexity index is 616. The van der Waals surface area contributed by atoms with Gasteiger partial charge >= 0.3 is 6.03 Å². The molecule has 110 valence electrons. The molecule has 0 bridgehead atoms. The molecule has 21 heavy (non-hydrogen) atoms. The molecule has 2 amide bonds. The normalized spacial score (nSPS) is 11.8. The third-order valence-corrected chi connectivity index (χ3v) is 3.29. The number of benzene rings is 2. The van der Waals surface area contributed by atoms with Crippen molar-refractivity contribution in [2.75, 3.05) is 0 Å². The monoisotopic (exact) mass is 306 g/mol. The van der Waals surface area contributed by atoms with Crippen LogP contribution in [0.15, 0.2) is 48.5 Å². The summed E-state index contributed by atoms with van der Waals surface area (Å²) in [6.45, 7) is 2.23. The van der Waals surface area contributed by atoms with Gasteiger partial charge < -0.3 is 10.6 Å². The van der Waals surface area contributed by atoms with Gasteiger partial charge in [-0.3, -0.25) is 0 Å². The fourth-order valence-corrected chi connectivity index (χ4v) is 2.12. The molecule has 0 aliphatic heterocycles. The van der Waals surface area contributed by atoms with Crippen LogP contribution in [-0.2, 0) is 6.54 Å². The van der Waals surface area contributed by atoms with Crippen molar-refractivity contribution in [3.8, 4) is 0 Å². The van der Waals surface area contributed by atoms with Crippen LogP contribution in [0.25, 0.3) is 0 Å². The minimum absolute atomic E-state index is 0.204. The molecule has 3 nitrogen and oxygen atoms in total. The maximum atomic E-state index is 12.8. The standard InChI is InChI=1S/C16H16ClFN2O/c1-11(13-5-7-15(18)8-6-13)20-16(21)19-10-12-3-2-4-14(17)9-12/h2-9,11H,10H2,1H3,(H2,19,20,21). The smallest absolute Gasteiger partial charge is 0.315 e. The molecule has 0 spiro atoms. The van der Waals surface area contributed by atoms with E-state index >= 15 is 0 Å². The van der Waals surface area contributed by atoms with Crippen molar-refractivity contribution in [1.29, 1.82) is 0 Å². The van der Waals surface area contributed by atoms with Crippen molar-refractivity contribution in [2.45, 2.75) is 19.5 Å². The average Bonchev–Trinajstić information content (AvgIpc) is 2.46. The van der Waals surface area contributed by atoms with Crippen molar-refractivity contribution in [3.63, 3.8) is 0 Å². The highest BCUT2D eigenvalue weighted by atomic mass is 35.5. The molecule has 0 radical (unpaired) electrons. The molecule has 1 unspecified atom stereocenters. The molecule has 1 atom stereocenters. The van der Waals surface area contributed by atoms with Crippen LogP contribution in [-0.4, -0.2) is 6.03 Å². The van der Waals surface area contributed by atoms with Crippen LogP contribution < -0.4 is 10.6 Å². The van der Waals surface area contributed by atoms with Gasteiger partial charge in [-0.15, -0.1) is 0 Å². The zero-order chi connectivity index (χ0) is 15.2. The van der Waals surface area contributed by atoms with Gasteiger partial charge in [0.15, 0.2) is 0 Å². The second-order valence-electron chi connectivity index (χ2n) is 4.73. The molecule has 0 aromatic heterocycles. The second-order valence-corrected chi connectivity index (χ2v) is 5.17. The first-order valence-electron chi connectivity index (χ1n) is 6.59. The molecule has 0 aliphatic rings. The van der Waals surface area contributed by atoms with E-state index in [1.165, 1.54) is 12.1 Å². The summed E-state index contributed by atoms with van der Waals surface area (Å²) in [5, 5.41) is 6.18. The van der Waals surface area contributed by atoms with Crippen molar-refractivity contribution in [1.82, 2.24) is 10.6 Å². The quantitative estimate of drug-likeness (QED) is 0.879. The summed E-state index contributed by atoms with van der Waals surface area (Å²) in [5.74, 6) is -0.295. The SMILES string of the molecule is CC(NC(=O)NCc1cccc(Cl)c1)c1ccc(F)cc1. The van der Waals surface area contributed by atoms with Crippen LogP contribution in [0.1, 0.15) is 24.1 Å². The highest BCUT2D eigenvalue weighted by Crippen LogP contribution is 2.13. The summed E-state index contributed by atoms with van der Waals surface area (Å²) < 4.78 is 12.8. The topological polar surface area (TPSA) is 41.1 Å². The Morgan fingerprint density at radius 3 is 2.62 bits per heavy atom. The van der Waals surface area contributed by atoms with Crippen LogP contribution in [0.3, 0.4) is 0 Å². The molecule has 2 aromatic carbocycles. The first-order chi connectivity index (χ1) is 10.0. The summed E-state index contributed by atoms with van der Waals surface area (Å²) in [5.41, 5.74) is 1.77. The fourth-order valence-electron chi connectivity index (χ4n) is 1.91. The van der Waals surface area contributed by atoms with E-state index in [1.54, 1.807) is 24.3 Å². The number of carbonyl (C=O) groups is 1. The van der Waals surface area contributed by atoms with E-state index in [-0.39, 0.29) is 17.9 Å². The molecule has 0 aliphatic carbocycles. The number of urea groups is 1. The minimum Gasteiger partial charge on any atom is -0.334 e. The summed E-state index contributed by atoms with van der Waals surface area (Å²) >= 11 is 5.88. The third-order valence-electron chi connectivity index (χ3n) is 3.06. The highest BCUT2D eigenvalue weighted by Gasteiger charge is 2.09. The van der Waals surface area contributed by atoms with Gasteiger partial charge in [0.05, 0.1) is 6.04 Å². The molecule has 2 N–H and O–H groups in total. The van der Waals surface area contributed by atoms with Crippen LogP contribution in [0.2, 0.25) is 5.02 Å². The molecule has 0 saturated heterocycles. The number of amides is 2. The molecule has 2 aromatic rings. The zero-order valence-electron chi connectivity index (χ0n) is 11.6. The van der Waals surface area contributed by atoms with Gasteiger partial charge in [-0.2, -0.15) is 0 Å². The molecule has 0 heterocycles. The van der Waals surface area contributed by atoms with Crippen LogP contribution in [0.5, 0.6) is 0 Å². The zero-order valence-corrected chi connectivity index (χ0v) is 12.3. The van der Waals surface area contributed by atoms with Crippen molar-refractivity contribution >= 4 is 17.6 Å². The predicted octanol–water partition coefficient (Wildman–Crippen LogP) is 4.04. The van der Waals surface area contributed by atoms with E-state index in [0.29, 0.717) is 11.6 Å². The number of carbonyl (C=O) groups excluding carboxylic acids is 1. The lowest BCUT2D eigenvalue weighted by atomic mass is 10.1. The largest absolute Gasteiger partial charge is 0.334 e. The Kier molecular flexibility index (Phi) is 5.17. The van der Waals surface area contributed by atoms with E-state index in [4.69, 9.17) is 11.6 Å². The Morgan fingerprint density at radius 1 is 1.24 bits per heavy atom. The predicted molar refractivity (Wildman–Crippen MR) is 81.6 cm³/mol. The summed E-state index contributed by atoms with van der Waals surface area (Å²) in [7, 11) is 0. The van der Waals surface area contributed by atoms with Crippen LogP contribution in [0.4, 0.5) is 9.18 Å². The number of hydrogen-bond acceptors (Lipinski definition) is 1. The lowest BCUT2D eigenvalue weighted by molar-refractivity contribution is 0.237. The maximum Gasteiger partial charge on any atom is 0.315 e. The Labute approximate surface area is 128 Å². The number of rotatable bonds is 4. The Morgan fingerprint density at radius 2 is 1.95 bits per heavy atom. The van der Waals surface area contributed by atoms with Gasteiger partial charge in [-0.05, 0) is 42.3 Å². The fraction of sp³-hybridized carbons (Fsp3) is 0.188. The van der Waals surface area contributed by atoms with Crippen LogP contribution in [0, 0.1) is 5.82 Å². The van der Waals surface area contributed by atoms with Crippen molar-refractivity contribution in [2.24, 2.45) is 0 Å². The molecular formula is C16H16ClFN2O. The molecule has 5 heteroatoms. The van der Waals surface area contributed by atoms with Gasteiger partial charge in [0.1, 0.15) is 5.82 Å². The molecule has 0 fully saturated rings. The Hall–Kier alpha value is -2.07. The molecule has 2 rings (SSSR count). The van der Waals surface area contributed by atoms with E-state index in [0.717, 1.165) is 11.1 Å². The Balaban J connectivity index is 1.85. The van der Waals surface area contributed by atoms with Gasteiger partial charge in [-0.25, -0.2) is 9.18 Å². The van der Waals surface area contributed by atoms with Gasteiger partial charge in [0.2, 0.25) is 0 Å². The summed E-state index contributed by atoms with van der Waals surface area (Å²) in [4.78, 5) is 11.8. The lowest BCUT2D eigenvalue weighted by Gasteiger charge is -2.15. The summed E-state index contributed by atoms with van der Waals surface area (Å²) in [6, 6.07) is 12.8. The van der Waals surface area contributed by atoms with Crippen molar-refractivity contribution in [3.05, 3.63) is 70.5 Å². The van der Waals surface area contributed by atoms with Gasteiger partial charge in [-0.1, -0.05) is 35.9 Å². The van der Waals surface area contributed by atoms with Crippen molar-refractivity contribution < 1.29 is 9.18 Å². The first-order valence-corrected chi connectivity index (χ1v) is 6.96. The van der Waals surface area contributed by atoms with E-state index in [1.807, 2.05) is 19.1 Å². The molecule has 0 saturated carbocycles. The maximum absolute atomic E-state index is 12.8. The van der Waals surface area contributed by atoms with Gasteiger partial charge in [0.25, 0.3) is 0 Å².